The molecule has 9 aromatic rings. The van der Waals surface area contributed by atoms with Crippen molar-refractivity contribution >= 4 is 82.4 Å². The molecule has 10 rings (SSSR count). The molecule has 0 spiro atoms. The van der Waals surface area contributed by atoms with Gasteiger partial charge in [-0.1, -0.05) is 107 Å². The Labute approximate surface area is 316 Å². The van der Waals surface area contributed by atoms with Crippen LogP contribution in [0.4, 0.5) is 17.1 Å². The second-order valence-corrected chi connectivity index (χ2v) is 13.3. The van der Waals surface area contributed by atoms with Crippen LogP contribution in [-0.4, -0.2) is 0 Å². The highest BCUT2D eigenvalue weighted by Crippen LogP contribution is 2.36. The van der Waals surface area contributed by atoms with E-state index in [-0.39, 0.29) is 0 Å². The van der Waals surface area contributed by atoms with Crippen LogP contribution >= 0.6 is 15.9 Å². The van der Waals surface area contributed by atoms with Crippen molar-refractivity contribution in [3.8, 4) is 11.1 Å². The molecule has 7 aromatic carbocycles. The van der Waals surface area contributed by atoms with Crippen LogP contribution in [0.15, 0.2) is 201 Å². The number of halogens is 1. The number of fused-ring (bicyclic) bond motifs is 6. The lowest BCUT2D eigenvalue weighted by Gasteiger charge is -2.09. The highest BCUT2D eigenvalue weighted by atomic mass is 79.9. The van der Waals surface area contributed by atoms with Crippen molar-refractivity contribution in [3.63, 3.8) is 0 Å². The molecule has 3 N–H and O–H groups in total. The summed E-state index contributed by atoms with van der Waals surface area (Å²) in [5.74, 6) is 0. The predicted octanol–water partition coefficient (Wildman–Crippen LogP) is 13.9. The summed E-state index contributed by atoms with van der Waals surface area (Å²) >= 11 is 3.54. The fourth-order valence-corrected chi connectivity index (χ4v) is 6.95. The molecule has 4 nitrogen and oxygen atoms in total. The van der Waals surface area contributed by atoms with Crippen LogP contribution in [0.3, 0.4) is 0 Å². The zero-order chi connectivity index (χ0) is 36.0. The second-order valence-electron chi connectivity index (χ2n) is 12.5. The normalized spacial score (nSPS) is 11.8. The molecular formula is C48H34BrN2O2+. The van der Waals surface area contributed by atoms with Crippen LogP contribution < -0.4 is 11.1 Å². The molecule has 5 heteroatoms. The van der Waals surface area contributed by atoms with E-state index in [0.29, 0.717) is 0 Å². The molecule has 2 aromatic heterocycles. The minimum atomic E-state index is 0.795. The van der Waals surface area contributed by atoms with E-state index < -0.39 is 0 Å². The number of hydrogen-bond donors (Lipinski definition) is 2. The highest BCUT2D eigenvalue weighted by molar-refractivity contribution is 9.10. The molecule has 0 amide bonds. The fraction of sp³-hybridized carbons (Fsp3) is 0. The Hall–Kier alpha value is -6.65. The van der Waals surface area contributed by atoms with Gasteiger partial charge in [0.05, 0.1) is 22.7 Å². The van der Waals surface area contributed by atoms with Gasteiger partial charge in [-0.3, -0.25) is 0 Å². The Morgan fingerprint density at radius 1 is 0.509 bits per heavy atom. The Bertz CT molecular complexity index is 2750. The van der Waals surface area contributed by atoms with Crippen molar-refractivity contribution < 1.29 is 8.83 Å². The van der Waals surface area contributed by atoms with Crippen LogP contribution in [0, 0.1) is 6.08 Å². The van der Waals surface area contributed by atoms with Crippen molar-refractivity contribution in [3.05, 3.63) is 204 Å². The fourth-order valence-electron chi connectivity index (χ4n) is 6.39. The first-order valence-electron chi connectivity index (χ1n) is 17.3. The molecule has 1 aliphatic carbocycles. The Balaban J connectivity index is 0.000000125. The zero-order valence-electron chi connectivity index (χ0n) is 28.7. The largest absolute Gasteiger partial charge is 0.456 e. The van der Waals surface area contributed by atoms with Crippen molar-refractivity contribution in [1.29, 1.82) is 0 Å². The minimum absolute atomic E-state index is 0.795. The molecule has 0 saturated heterocycles. The van der Waals surface area contributed by atoms with Crippen molar-refractivity contribution in [1.82, 2.24) is 0 Å². The maximum Gasteiger partial charge on any atom is 0.137 e. The summed E-state index contributed by atoms with van der Waals surface area (Å²) in [6, 6.07) is 55.1. The SMILES string of the molecule is Brc1cccc2oc3ccccc3c12.Nc1ccc(C2=CC=C[C+]=C2)cc1.c1ccc(-c2ccc(Nc3cccc4oc5ccccc5c34)cc2)cc1. The molecule has 254 valence electrons. The maximum absolute atomic E-state index is 5.97. The number of allylic oxidation sites excluding steroid dienone is 6. The van der Waals surface area contributed by atoms with E-state index in [0.717, 1.165) is 65.4 Å². The van der Waals surface area contributed by atoms with Gasteiger partial charge >= 0.3 is 0 Å². The Morgan fingerprint density at radius 2 is 1.08 bits per heavy atom. The average molecular weight is 751 g/mol. The van der Waals surface area contributed by atoms with Crippen molar-refractivity contribution in [2.24, 2.45) is 0 Å². The number of nitrogens with one attached hydrogen (secondary N) is 1. The summed E-state index contributed by atoms with van der Waals surface area (Å²) in [6.45, 7) is 0. The molecule has 1 aliphatic rings. The molecule has 0 saturated carbocycles. The highest BCUT2D eigenvalue weighted by Gasteiger charge is 2.11. The van der Waals surface area contributed by atoms with E-state index in [1.165, 1.54) is 22.3 Å². The van der Waals surface area contributed by atoms with Gasteiger partial charge in [-0.15, -0.1) is 0 Å². The average Bonchev–Trinajstić information content (AvgIpc) is 3.80. The maximum atomic E-state index is 5.97. The Kier molecular flexibility index (Phi) is 9.67. The van der Waals surface area contributed by atoms with Crippen molar-refractivity contribution in [2.45, 2.75) is 0 Å². The van der Waals surface area contributed by atoms with E-state index in [4.69, 9.17) is 14.6 Å². The zero-order valence-corrected chi connectivity index (χ0v) is 30.3. The van der Waals surface area contributed by atoms with Gasteiger partial charge in [0, 0.05) is 49.7 Å². The van der Waals surface area contributed by atoms with Crippen LogP contribution in [-0.2, 0) is 0 Å². The number of nitrogen functional groups attached to an aromatic ring is 1. The number of rotatable bonds is 4. The number of furan rings is 2. The molecule has 0 radical (unpaired) electrons. The lowest BCUT2D eigenvalue weighted by atomic mass is 10.0. The third-order valence-electron chi connectivity index (χ3n) is 8.98. The first-order chi connectivity index (χ1) is 26.1. The summed E-state index contributed by atoms with van der Waals surface area (Å²) in [5.41, 5.74) is 17.0. The van der Waals surface area contributed by atoms with E-state index in [9.17, 15) is 0 Å². The standard InChI is InChI=1S/C24H17NO.C12H7BrO.C12H10N/c1-2-7-17(8-3-1)18-13-15-19(16-14-18)25-21-10-6-12-23-24(21)20-9-4-5-11-22(20)26-23;13-9-5-3-7-11-12(9)8-4-1-2-6-10(8)14-11;13-12-8-6-11(7-9-12)10-4-2-1-3-5-10/h1-16,25H;1-7H;1-2,4-9H,13H2/q;;+1. The molecule has 0 fully saturated rings. The number of hydrogen-bond acceptors (Lipinski definition) is 4. The number of anilines is 3. The molecule has 2 heterocycles. The van der Waals surface area contributed by atoms with Crippen LogP contribution in [0.25, 0.3) is 60.6 Å². The first-order valence-corrected chi connectivity index (χ1v) is 18.1. The van der Waals surface area contributed by atoms with Crippen molar-refractivity contribution in [2.75, 3.05) is 11.1 Å². The van der Waals surface area contributed by atoms with Crippen LogP contribution in [0.2, 0.25) is 0 Å². The molecule has 0 atom stereocenters. The van der Waals surface area contributed by atoms with E-state index in [1.54, 1.807) is 0 Å². The molecular weight excluding hydrogens is 716 g/mol. The third kappa shape index (κ3) is 7.40. The smallest absolute Gasteiger partial charge is 0.137 e. The molecule has 53 heavy (non-hydrogen) atoms. The number of nitrogens with two attached hydrogens (primary N) is 1. The van der Waals surface area contributed by atoms with Gasteiger partial charge in [-0.2, -0.15) is 0 Å². The Morgan fingerprint density at radius 3 is 1.75 bits per heavy atom. The van der Waals surface area contributed by atoms with E-state index in [2.05, 4.69) is 100 Å². The van der Waals surface area contributed by atoms with Gasteiger partial charge in [0.25, 0.3) is 0 Å². The van der Waals surface area contributed by atoms with Crippen LogP contribution in [0.5, 0.6) is 0 Å². The third-order valence-corrected chi connectivity index (χ3v) is 9.64. The van der Waals surface area contributed by atoms with Gasteiger partial charge in [-0.05, 0) is 83.9 Å². The number of para-hydroxylation sites is 2. The first kappa shape index (κ1) is 33.5. The predicted molar refractivity (Wildman–Crippen MR) is 226 cm³/mol. The lowest BCUT2D eigenvalue weighted by molar-refractivity contribution is 0.668. The van der Waals surface area contributed by atoms with E-state index in [1.807, 2.05) is 115 Å². The van der Waals surface area contributed by atoms with Gasteiger partial charge in [0.1, 0.15) is 34.5 Å². The van der Waals surface area contributed by atoms with Gasteiger partial charge < -0.3 is 19.9 Å². The summed E-state index contributed by atoms with van der Waals surface area (Å²) in [6.07, 6.45) is 10.9. The summed E-state index contributed by atoms with van der Waals surface area (Å²) in [7, 11) is 0. The quantitative estimate of drug-likeness (QED) is 0.139. The summed E-state index contributed by atoms with van der Waals surface area (Å²) in [5, 5.41) is 8.11. The van der Waals surface area contributed by atoms with Crippen LogP contribution in [0.1, 0.15) is 5.56 Å². The molecule has 0 bridgehead atoms. The van der Waals surface area contributed by atoms with Gasteiger partial charge in [0.2, 0.25) is 0 Å². The minimum Gasteiger partial charge on any atom is -0.456 e. The molecule has 0 aliphatic heterocycles. The summed E-state index contributed by atoms with van der Waals surface area (Å²) < 4.78 is 12.8. The second kappa shape index (κ2) is 15.3. The monoisotopic (exact) mass is 749 g/mol. The lowest BCUT2D eigenvalue weighted by Crippen LogP contribution is -1.90. The van der Waals surface area contributed by atoms with Gasteiger partial charge in [0.15, 0.2) is 0 Å². The van der Waals surface area contributed by atoms with Gasteiger partial charge in [-0.25, -0.2) is 0 Å². The summed E-state index contributed by atoms with van der Waals surface area (Å²) in [4.78, 5) is 0. The molecule has 0 unspecified atom stereocenters. The topological polar surface area (TPSA) is 64.3 Å². The van der Waals surface area contributed by atoms with E-state index >= 15 is 0 Å². The number of benzene rings is 7.